The van der Waals surface area contributed by atoms with Crippen molar-refractivity contribution in [1.29, 1.82) is 0 Å². The molecule has 0 heterocycles. The summed E-state index contributed by atoms with van der Waals surface area (Å²) in [7, 11) is 0. The van der Waals surface area contributed by atoms with Crippen LogP contribution in [0.3, 0.4) is 0 Å². The van der Waals surface area contributed by atoms with Crippen molar-refractivity contribution in [2.24, 2.45) is 0 Å². The Hall–Kier alpha value is -3.13. The van der Waals surface area contributed by atoms with E-state index in [1.807, 2.05) is 5.32 Å². The van der Waals surface area contributed by atoms with Crippen LogP contribution >= 0.6 is 11.6 Å². The summed E-state index contributed by atoms with van der Waals surface area (Å²) in [5.41, 5.74) is 0.639. The van der Waals surface area contributed by atoms with Gasteiger partial charge in [0.05, 0.1) is 5.69 Å². The van der Waals surface area contributed by atoms with Crippen LogP contribution in [0, 0.1) is 12.7 Å². The molecule has 148 valence electrons. The molecule has 2 N–H and O–H groups in total. The van der Waals surface area contributed by atoms with Crippen LogP contribution in [-0.4, -0.2) is 30.6 Å². The number of benzene rings is 2. The molecule has 2 aromatic rings. The number of hydrogen-bond acceptors (Lipinski definition) is 5. The van der Waals surface area contributed by atoms with Crippen LogP contribution in [0.1, 0.15) is 12.5 Å². The number of imide groups is 1. The Labute approximate surface area is 165 Å². The maximum atomic E-state index is 13.4. The fourth-order valence-corrected chi connectivity index (χ4v) is 2.34. The fraction of sp³-hybridized carbons (Fsp3) is 0.211. The molecule has 0 fully saturated rings. The van der Waals surface area contributed by atoms with Gasteiger partial charge in [0, 0.05) is 5.02 Å². The van der Waals surface area contributed by atoms with Gasteiger partial charge in [0.15, 0.2) is 12.7 Å². The Balaban J connectivity index is 1.78. The molecule has 3 amide bonds. The normalized spacial score (nSPS) is 11.3. The molecule has 2 rings (SSSR count). The van der Waals surface area contributed by atoms with Gasteiger partial charge in [-0.05, 0) is 49.7 Å². The van der Waals surface area contributed by atoms with Crippen LogP contribution in [0.4, 0.5) is 14.9 Å². The molecule has 0 bridgehead atoms. The van der Waals surface area contributed by atoms with Gasteiger partial charge in [0.2, 0.25) is 0 Å². The van der Waals surface area contributed by atoms with E-state index < -0.39 is 36.4 Å². The highest BCUT2D eigenvalue weighted by atomic mass is 35.5. The van der Waals surface area contributed by atoms with Crippen molar-refractivity contribution in [3.8, 4) is 5.75 Å². The lowest BCUT2D eigenvalue weighted by Gasteiger charge is -2.15. The number of nitrogens with one attached hydrogen (secondary N) is 2. The average Bonchev–Trinajstić information content (AvgIpc) is 2.63. The minimum absolute atomic E-state index is 0.0925. The second-order valence-electron chi connectivity index (χ2n) is 5.76. The highest BCUT2D eigenvalue weighted by Crippen LogP contribution is 2.23. The van der Waals surface area contributed by atoms with E-state index in [-0.39, 0.29) is 5.69 Å². The van der Waals surface area contributed by atoms with Crippen molar-refractivity contribution in [3.63, 3.8) is 0 Å². The second-order valence-corrected chi connectivity index (χ2v) is 6.20. The Kier molecular flexibility index (Phi) is 7.34. The van der Waals surface area contributed by atoms with E-state index in [0.717, 1.165) is 11.6 Å². The summed E-state index contributed by atoms with van der Waals surface area (Å²) in [5, 5.41) is 4.63. The van der Waals surface area contributed by atoms with E-state index in [4.69, 9.17) is 21.1 Å². The van der Waals surface area contributed by atoms with Gasteiger partial charge in [-0.2, -0.15) is 0 Å². The first kappa shape index (κ1) is 21.2. The molecule has 0 aromatic heterocycles. The molecule has 1 unspecified atom stereocenters. The van der Waals surface area contributed by atoms with Crippen molar-refractivity contribution in [1.82, 2.24) is 5.32 Å². The molecule has 9 heteroatoms. The predicted octanol–water partition coefficient (Wildman–Crippen LogP) is 3.45. The summed E-state index contributed by atoms with van der Waals surface area (Å²) in [5.74, 6) is -1.88. The topological polar surface area (TPSA) is 93.7 Å². The molecule has 0 aliphatic heterocycles. The first-order valence-electron chi connectivity index (χ1n) is 8.21. The van der Waals surface area contributed by atoms with Gasteiger partial charge < -0.3 is 14.8 Å². The zero-order valence-electron chi connectivity index (χ0n) is 15.1. The number of hydrogen-bond donors (Lipinski definition) is 2. The zero-order chi connectivity index (χ0) is 20.7. The van der Waals surface area contributed by atoms with Crippen LogP contribution in [0.2, 0.25) is 5.02 Å². The van der Waals surface area contributed by atoms with E-state index >= 15 is 0 Å². The van der Waals surface area contributed by atoms with Crippen molar-refractivity contribution in [2.45, 2.75) is 20.0 Å². The Morgan fingerprint density at radius 1 is 1.18 bits per heavy atom. The number of esters is 1. The van der Waals surface area contributed by atoms with Gasteiger partial charge in [-0.15, -0.1) is 0 Å². The smallest absolute Gasteiger partial charge is 0.347 e. The number of para-hydroxylation sites is 1. The number of urea groups is 1. The first-order chi connectivity index (χ1) is 13.3. The maximum absolute atomic E-state index is 13.4. The van der Waals surface area contributed by atoms with Gasteiger partial charge in [0.25, 0.3) is 5.91 Å². The van der Waals surface area contributed by atoms with Crippen LogP contribution in [0.15, 0.2) is 42.5 Å². The third-order valence-electron chi connectivity index (χ3n) is 3.49. The monoisotopic (exact) mass is 408 g/mol. The SMILES string of the molecule is Cc1cc(Cl)ccc1OC(C)C(=O)OCC(=O)NC(=O)Nc1ccccc1F. The first-order valence-corrected chi connectivity index (χ1v) is 8.59. The van der Waals surface area contributed by atoms with Crippen molar-refractivity contribution < 1.29 is 28.2 Å². The van der Waals surface area contributed by atoms with Crippen LogP contribution in [0.25, 0.3) is 0 Å². The minimum Gasteiger partial charge on any atom is -0.479 e. The van der Waals surface area contributed by atoms with Crippen LogP contribution in [-0.2, 0) is 14.3 Å². The molecule has 0 radical (unpaired) electrons. The molecule has 0 saturated carbocycles. The number of anilines is 1. The highest BCUT2D eigenvalue weighted by Gasteiger charge is 2.19. The summed E-state index contributed by atoms with van der Waals surface area (Å²) in [4.78, 5) is 35.3. The standard InChI is InChI=1S/C19H18ClFN2O5/c1-11-9-13(20)7-8-16(11)28-12(2)18(25)27-10-17(24)23-19(26)22-15-6-4-3-5-14(15)21/h3-9,12H,10H2,1-2H3,(H2,22,23,24,26). The number of ether oxygens (including phenoxy) is 2. The van der Waals surface area contributed by atoms with Gasteiger partial charge in [-0.25, -0.2) is 14.0 Å². The van der Waals surface area contributed by atoms with E-state index in [1.54, 1.807) is 25.1 Å². The van der Waals surface area contributed by atoms with Gasteiger partial charge in [0.1, 0.15) is 11.6 Å². The lowest BCUT2D eigenvalue weighted by Crippen LogP contribution is -2.38. The Morgan fingerprint density at radius 3 is 2.57 bits per heavy atom. The van der Waals surface area contributed by atoms with Crippen LogP contribution in [0.5, 0.6) is 5.75 Å². The van der Waals surface area contributed by atoms with E-state index in [0.29, 0.717) is 10.8 Å². The fourth-order valence-electron chi connectivity index (χ4n) is 2.12. The largest absolute Gasteiger partial charge is 0.479 e. The lowest BCUT2D eigenvalue weighted by molar-refractivity contribution is -0.154. The summed E-state index contributed by atoms with van der Waals surface area (Å²) in [6.45, 7) is 2.52. The van der Waals surface area contributed by atoms with Crippen molar-refractivity contribution in [3.05, 3.63) is 58.9 Å². The number of rotatable bonds is 6. The number of carbonyl (C=O) groups is 3. The van der Waals surface area contributed by atoms with E-state index in [9.17, 15) is 18.8 Å². The lowest BCUT2D eigenvalue weighted by atomic mass is 10.2. The van der Waals surface area contributed by atoms with Crippen molar-refractivity contribution in [2.75, 3.05) is 11.9 Å². The highest BCUT2D eigenvalue weighted by molar-refractivity contribution is 6.30. The van der Waals surface area contributed by atoms with Gasteiger partial charge >= 0.3 is 12.0 Å². The maximum Gasteiger partial charge on any atom is 0.347 e. The number of aryl methyl sites for hydroxylation is 1. The molecule has 0 saturated heterocycles. The third kappa shape index (κ3) is 6.24. The number of carbonyl (C=O) groups excluding carboxylic acids is 3. The summed E-state index contributed by atoms with van der Waals surface area (Å²) < 4.78 is 23.7. The molecule has 0 aliphatic rings. The molecule has 2 aromatic carbocycles. The average molecular weight is 409 g/mol. The number of halogens is 2. The molecule has 0 spiro atoms. The van der Waals surface area contributed by atoms with E-state index in [1.165, 1.54) is 25.1 Å². The quantitative estimate of drug-likeness (QED) is 0.714. The summed E-state index contributed by atoms with van der Waals surface area (Å²) >= 11 is 5.86. The molecule has 1 atom stereocenters. The number of amides is 3. The Bertz CT molecular complexity index is 890. The van der Waals surface area contributed by atoms with Gasteiger partial charge in [-0.3, -0.25) is 10.1 Å². The summed E-state index contributed by atoms with van der Waals surface area (Å²) in [6, 6.07) is 9.41. The second kappa shape index (κ2) is 9.70. The molecule has 0 aliphatic carbocycles. The van der Waals surface area contributed by atoms with Crippen LogP contribution < -0.4 is 15.4 Å². The molecule has 7 nitrogen and oxygen atoms in total. The summed E-state index contributed by atoms with van der Waals surface area (Å²) in [6.07, 6.45) is -0.986. The van der Waals surface area contributed by atoms with E-state index in [2.05, 4.69) is 5.32 Å². The molecule has 28 heavy (non-hydrogen) atoms. The van der Waals surface area contributed by atoms with Crippen molar-refractivity contribution >= 4 is 35.2 Å². The third-order valence-corrected chi connectivity index (χ3v) is 3.73. The zero-order valence-corrected chi connectivity index (χ0v) is 15.9. The molecular weight excluding hydrogens is 391 g/mol. The predicted molar refractivity (Wildman–Crippen MR) is 101 cm³/mol. The van der Waals surface area contributed by atoms with Gasteiger partial charge in [-0.1, -0.05) is 23.7 Å². The minimum atomic E-state index is -0.986. The Morgan fingerprint density at radius 2 is 1.89 bits per heavy atom. The molecular formula is C19H18ClFN2O5.